The van der Waals surface area contributed by atoms with E-state index < -0.39 is 28.5 Å². The van der Waals surface area contributed by atoms with Crippen LogP contribution in [0.5, 0.6) is 0 Å². The molecule has 3 rings (SSSR count). The molecule has 1 amide bonds. The van der Waals surface area contributed by atoms with Crippen LogP contribution in [0.4, 0.5) is 11.4 Å². The molecule has 0 saturated carbocycles. The Morgan fingerprint density at radius 1 is 0.968 bits per heavy atom. The maximum atomic E-state index is 12.9. The van der Waals surface area contributed by atoms with Crippen molar-refractivity contribution in [1.82, 2.24) is 0 Å². The zero-order chi connectivity index (χ0) is 22.4. The molecule has 0 radical (unpaired) electrons. The van der Waals surface area contributed by atoms with Crippen LogP contribution in [0.3, 0.4) is 0 Å². The number of ether oxygens (including phenoxy) is 1. The SMILES string of the molecule is CN(c1ccccc1)S(=O)(=O)c1cccc(C(=O)OCC(=O)Nc2cccc(Cl)c2)c1. The summed E-state index contributed by atoms with van der Waals surface area (Å²) in [5.41, 5.74) is 0.955. The number of rotatable bonds is 7. The molecule has 0 aliphatic carbocycles. The smallest absolute Gasteiger partial charge is 0.338 e. The lowest BCUT2D eigenvalue weighted by atomic mass is 10.2. The number of anilines is 2. The molecule has 31 heavy (non-hydrogen) atoms. The first kappa shape index (κ1) is 22.3. The van der Waals surface area contributed by atoms with E-state index in [4.69, 9.17) is 16.3 Å². The van der Waals surface area contributed by atoms with E-state index in [-0.39, 0.29) is 10.5 Å². The van der Waals surface area contributed by atoms with Crippen LogP contribution in [0, 0.1) is 0 Å². The van der Waals surface area contributed by atoms with E-state index >= 15 is 0 Å². The number of benzene rings is 3. The van der Waals surface area contributed by atoms with E-state index in [1.165, 1.54) is 31.3 Å². The Morgan fingerprint density at radius 2 is 1.68 bits per heavy atom. The highest BCUT2D eigenvalue weighted by Crippen LogP contribution is 2.22. The predicted octanol–water partition coefficient (Wildman–Crippen LogP) is 3.96. The van der Waals surface area contributed by atoms with Crippen LogP contribution in [0.25, 0.3) is 0 Å². The Labute approximate surface area is 185 Å². The van der Waals surface area contributed by atoms with Crippen LogP contribution in [-0.4, -0.2) is 33.9 Å². The Kier molecular flexibility index (Phi) is 6.94. The van der Waals surface area contributed by atoms with Gasteiger partial charge in [-0.15, -0.1) is 0 Å². The van der Waals surface area contributed by atoms with E-state index in [0.29, 0.717) is 16.4 Å². The number of nitrogens with zero attached hydrogens (tertiary/aromatic N) is 1. The molecule has 0 heterocycles. The zero-order valence-electron chi connectivity index (χ0n) is 16.5. The van der Waals surface area contributed by atoms with Gasteiger partial charge >= 0.3 is 5.97 Å². The standard InChI is InChI=1S/C22H19ClN2O5S/c1-25(19-10-3-2-4-11-19)31(28,29)20-12-5-7-16(13-20)22(27)30-15-21(26)24-18-9-6-8-17(23)14-18/h2-14H,15H2,1H3,(H,24,26). The van der Waals surface area contributed by atoms with E-state index in [1.54, 1.807) is 54.6 Å². The van der Waals surface area contributed by atoms with Crippen molar-refractivity contribution in [3.63, 3.8) is 0 Å². The van der Waals surface area contributed by atoms with Crippen LogP contribution in [0.1, 0.15) is 10.4 Å². The lowest BCUT2D eigenvalue weighted by molar-refractivity contribution is -0.119. The predicted molar refractivity (Wildman–Crippen MR) is 119 cm³/mol. The van der Waals surface area contributed by atoms with Crippen molar-refractivity contribution < 1.29 is 22.7 Å². The molecule has 9 heteroatoms. The number of para-hydroxylation sites is 1. The molecular formula is C22H19ClN2O5S. The summed E-state index contributed by atoms with van der Waals surface area (Å²) in [6, 6.07) is 20.5. The van der Waals surface area contributed by atoms with Crippen molar-refractivity contribution in [1.29, 1.82) is 0 Å². The van der Waals surface area contributed by atoms with Gasteiger partial charge in [0.15, 0.2) is 6.61 Å². The van der Waals surface area contributed by atoms with E-state index in [2.05, 4.69) is 5.32 Å². The van der Waals surface area contributed by atoms with Crippen LogP contribution in [-0.2, 0) is 19.6 Å². The van der Waals surface area contributed by atoms with Gasteiger partial charge in [-0.2, -0.15) is 0 Å². The van der Waals surface area contributed by atoms with E-state index in [1.807, 2.05) is 0 Å². The number of amides is 1. The number of hydrogen-bond acceptors (Lipinski definition) is 5. The summed E-state index contributed by atoms with van der Waals surface area (Å²) in [4.78, 5) is 24.3. The van der Waals surface area contributed by atoms with Crippen molar-refractivity contribution in [2.45, 2.75) is 4.90 Å². The summed E-state index contributed by atoms with van der Waals surface area (Å²) in [6.45, 7) is -0.535. The molecule has 0 atom stereocenters. The topological polar surface area (TPSA) is 92.8 Å². The average molecular weight is 459 g/mol. The van der Waals surface area contributed by atoms with Gasteiger partial charge in [0.05, 0.1) is 16.1 Å². The fourth-order valence-corrected chi connectivity index (χ4v) is 4.13. The minimum Gasteiger partial charge on any atom is -0.452 e. The lowest BCUT2D eigenvalue weighted by Gasteiger charge is -2.19. The quantitative estimate of drug-likeness (QED) is 0.541. The molecule has 3 aromatic rings. The number of esters is 1. The first-order chi connectivity index (χ1) is 14.8. The van der Waals surface area contributed by atoms with Crippen molar-refractivity contribution in [3.8, 4) is 0 Å². The van der Waals surface area contributed by atoms with Crippen LogP contribution in [0.2, 0.25) is 5.02 Å². The largest absolute Gasteiger partial charge is 0.452 e. The number of carbonyl (C=O) groups is 2. The van der Waals surface area contributed by atoms with Crippen molar-refractivity contribution in [3.05, 3.63) is 89.4 Å². The number of sulfonamides is 1. The van der Waals surface area contributed by atoms with Gasteiger partial charge in [0.25, 0.3) is 15.9 Å². The number of nitrogens with one attached hydrogen (secondary N) is 1. The molecule has 0 aromatic heterocycles. The summed E-state index contributed by atoms with van der Waals surface area (Å²) in [7, 11) is -2.46. The summed E-state index contributed by atoms with van der Waals surface area (Å²) >= 11 is 5.86. The maximum absolute atomic E-state index is 12.9. The second-order valence-electron chi connectivity index (χ2n) is 6.47. The molecule has 0 saturated heterocycles. The monoisotopic (exact) mass is 458 g/mol. The minimum absolute atomic E-state index is 0.0121. The molecule has 0 aliphatic heterocycles. The maximum Gasteiger partial charge on any atom is 0.338 e. The molecule has 0 fully saturated rings. The van der Waals surface area contributed by atoms with Crippen LogP contribution >= 0.6 is 11.6 Å². The molecule has 1 N–H and O–H groups in total. The van der Waals surface area contributed by atoms with Gasteiger partial charge in [0.2, 0.25) is 0 Å². The molecule has 160 valence electrons. The second-order valence-corrected chi connectivity index (χ2v) is 8.88. The van der Waals surface area contributed by atoms with E-state index in [0.717, 1.165) is 4.31 Å². The first-order valence-corrected chi connectivity index (χ1v) is 11.0. The molecule has 0 aliphatic rings. The van der Waals surface area contributed by atoms with Crippen LogP contribution in [0.15, 0.2) is 83.8 Å². The Balaban J connectivity index is 1.68. The second kappa shape index (κ2) is 9.63. The highest BCUT2D eigenvalue weighted by atomic mass is 35.5. The number of hydrogen-bond donors (Lipinski definition) is 1. The number of carbonyl (C=O) groups excluding carboxylic acids is 2. The summed E-state index contributed by atoms with van der Waals surface area (Å²) < 4.78 is 31.9. The van der Waals surface area contributed by atoms with Gasteiger partial charge in [-0.1, -0.05) is 41.9 Å². The molecule has 7 nitrogen and oxygen atoms in total. The summed E-state index contributed by atoms with van der Waals surface area (Å²) in [5.74, 6) is -1.37. The summed E-state index contributed by atoms with van der Waals surface area (Å²) in [5, 5.41) is 3.01. The van der Waals surface area contributed by atoms with Gasteiger partial charge < -0.3 is 10.1 Å². The van der Waals surface area contributed by atoms with Gasteiger partial charge in [-0.25, -0.2) is 13.2 Å². The normalized spacial score (nSPS) is 10.9. The van der Waals surface area contributed by atoms with Crippen LogP contribution < -0.4 is 9.62 Å². The van der Waals surface area contributed by atoms with Gasteiger partial charge in [-0.3, -0.25) is 9.10 Å². The third-order valence-electron chi connectivity index (χ3n) is 4.29. The molecule has 0 spiro atoms. The molecule has 3 aromatic carbocycles. The summed E-state index contributed by atoms with van der Waals surface area (Å²) in [6.07, 6.45) is 0. The van der Waals surface area contributed by atoms with E-state index in [9.17, 15) is 18.0 Å². The van der Waals surface area contributed by atoms with Crippen molar-refractivity contribution in [2.75, 3.05) is 23.3 Å². The highest BCUT2D eigenvalue weighted by molar-refractivity contribution is 7.92. The molecule has 0 unspecified atom stereocenters. The first-order valence-electron chi connectivity index (χ1n) is 9.14. The fraction of sp³-hybridized carbons (Fsp3) is 0.0909. The Hall–Kier alpha value is -3.36. The molecular weight excluding hydrogens is 440 g/mol. The third-order valence-corrected chi connectivity index (χ3v) is 6.31. The van der Waals surface area contributed by atoms with Crippen molar-refractivity contribution >= 4 is 44.9 Å². The van der Waals surface area contributed by atoms with Crippen molar-refractivity contribution in [2.24, 2.45) is 0 Å². The van der Waals surface area contributed by atoms with Gasteiger partial charge in [0.1, 0.15) is 0 Å². The Bertz CT molecular complexity index is 1200. The zero-order valence-corrected chi connectivity index (χ0v) is 18.1. The minimum atomic E-state index is -3.89. The number of halogens is 1. The Morgan fingerprint density at radius 3 is 2.39 bits per heavy atom. The average Bonchev–Trinajstić information content (AvgIpc) is 2.77. The molecule has 0 bridgehead atoms. The fourth-order valence-electron chi connectivity index (χ4n) is 2.70. The lowest BCUT2D eigenvalue weighted by Crippen LogP contribution is -2.26. The van der Waals surface area contributed by atoms with Gasteiger partial charge in [0, 0.05) is 17.8 Å². The van der Waals surface area contributed by atoms with Gasteiger partial charge in [-0.05, 0) is 48.5 Å². The highest BCUT2D eigenvalue weighted by Gasteiger charge is 2.22. The third kappa shape index (κ3) is 5.62.